The van der Waals surface area contributed by atoms with Gasteiger partial charge in [-0.05, 0) is 44.3 Å². The first-order valence-electron chi connectivity index (χ1n) is 8.75. The summed E-state index contributed by atoms with van der Waals surface area (Å²) in [4.78, 5) is 2.27. The number of hydrogen-bond acceptors (Lipinski definition) is 6. The average Bonchev–Trinajstić information content (AvgIpc) is 3.04. The molecular weight excluding hydrogens is 387 g/mol. The highest BCUT2D eigenvalue weighted by Crippen LogP contribution is 2.26. The fourth-order valence-corrected chi connectivity index (χ4v) is 3.69. The fourth-order valence-electron chi connectivity index (χ4n) is 3.17. The Balaban J connectivity index is 1.62. The van der Waals surface area contributed by atoms with Crippen LogP contribution in [-0.4, -0.2) is 63.6 Å². The molecule has 1 fully saturated rings. The molecule has 27 heavy (non-hydrogen) atoms. The number of morpholine rings is 1. The van der Waals surface area contributed by atoms with E-state index in [-0.39, 0.29) is 12.1 Å². The standard InChI is InChI=1S/C18H20Cl2N6O/c1-11(15-10-25(2)5-6-27-15)21-16-3-4-17-22-23-18(26(17)24-16)12-7-13(19)9-14(20)8-12/h3-4,7-9,11,15H,5-6,10H2,1-2H3,(H,21,24). The molecule has 1 aromatic carbocycles. The number of nitrogens with one attached hydrogen (secondary N) is 1. The average molecular weight is 407 g/mol. The molecule has 3 heterocycles. The third kappa shape index (κ3) is 4.01. The van der Waals surface area contributed by atoms with Gasteiger partial charge in [0.05, 0.1) is 18.8 Å². The molecule has 0 aliphatic carbocycles. The first kappa shape index (κ1) is 18.4. The maximum atomic E-state index is 6.12. The van der Waals surface area contributed by atoms with Gasteiger partial charge in [-0.25, -0.2) is 0 Å². The molecule has 1 saturated heterocycles. The van der Waals surface area contributed by atoms with Crippen molar-refractivity contribution < 1.29 is 4.74 Å². The van der Waals surface area contributed by atoms with Gasteiger partial charge in [-0.2, -0.15) is 4.52 Å². The van der Waals surface area contributed by atoms with Crippen molar-refractivity contribution in [2.75, 3.05) is 32.1 Å². The molecule has 2 aromatic heterocycles. The number of anilines is 1. The van der Waals surface area contributed by atoms with Crippen molar-refractivity contribution >= 4 is 34.7 Å². The van der Waals surface area contributed by atoms with Crippen molar-refractivity contribution in [1.82, 2.24) is 24.7 Å². The zero-order valence-corrected chi connectivity index (χ0v) is 16.6. The van der Waals surface area contributed by atoms with Gasteiger partial charge in [0.25, 0.3) is 0 Å². The van der Waals surface area contributed by atoms with Crippen molar-refractivity contribution in [1.29, 1.82) is 0 Å². The minimum atomic E-state index is 0.105. The second-order valence-electron chi connectivity index (χ2n) is 6.77. The van der Waals surface area contributed by atoms with Crippen LogP contribution in [0.1, 0.15) is 6.92 Å². The smallest absolute Gasteiger partial charge is 0.185 e. The number of benzene rings is 1. The summed E-state index contributed by atoms with van der Waals surface area (Å²) in [6.45, 7) is 4.68. The number of ether oxygens (including phenoxy) is 1. The van der Waals surface area contributed by atoms with E-state index in [1.54, 1.807) is 22.7 Å². The molecule has 7 nitrogen and oxygen atoms in total. The lowest BCUT2D eigenvalue weighted by Gasteiger charge is -2.34. The summed E-state index contributed by atoms with van der Waals surface area (Å²) in [5.41, 5.74) is 1.41. The van der Waals surface area contributed by atoms with Crippen LogP contribution in [0.3, 0.4) is 0 Å². The van der Waals surface area contributed by atoms with Crippen LogP contribution >= 0.6 is 23.2 Å². The van der Waals surface area contributed by atoms with Gasteiger partial charge in [0.15, 0.2) is 11.5 Å². The van der Waals surface area contributed by atoms with Crippen molar-refractivity contribution in [2.24, 2.45) is 0 Å². The van der Waals surface area contributed by atoms with Crippen LogP contribution in [0.4, 0.5) is 5.82 Å². The Morgan fingerprint density at radius 2 is 1.96 bits per heavy atom. The number of hydrogen-bond donors (Lipinski definition) is 1. The maximum absolute atomic E-state index is 6.12. The van der Waals surface area contributed by atoms with E-state index < -0.39 is 0 Å². The van der Waals surface area contributed by atoms with E-state index in [9.17, 15) is 0 Å². The van der Waals surface area contributed by atoms with Crippen LogP contribution in [0.25, 0.3) is 17.0 Å². The Labute approximate surface area is 167 Å². The lowest BCUT2D eigenvalue weighted by Crippen LogP contribution is -2.47. The summed E-state index contributed by atoms with van der Waals surface area (Å²) in [5.74, 6) is 1.31. The number of rotatable bonds is 4. The summed E-state index contributed by atoms with van der Waals surface area (Å²) >= 11 is 12.2. The third-order valence-electron chi connectivity index (χ3n) is 4.61. The Morgan fingerprint density at radius 3 is 2.70 bits per heavy atom. The van der Waals surface area contributed by atoms with Crippen molar-refractivity contribution in [3.8, 4) is 11.4 Å². The van der Waals surface area contributed by atoms with Crippen LogP contribution < -0.4 is 5.32 Å². The predicted molar refractivity (Wildman–Crippen MR) is 107 cm³/mol. The fraction of sp³-hybridized carbons (Fsp3) is 0.389. The van der Waals surface area contributed by atoms with Crippen LogP contribution in [-0.2, 0) is 4.74 Å². The van der Waals surface area contributed by atoms with Crippen molar-refractivity contribution in [2.45, 2.75) is 19.1 Å². The Bertz CT molecular complexity index is 942. The highest BCUT2D eigenvalue weighted by atomic mass is 35.5. The topological polar surface area (TPSA) is 67.6 Å². The number of likely N-dealkylation sites (N-methyl/N-ethyl adjacent to an activating group) is 1. The summed E-state index contributed by atoms with van der Waals surface area (Å²) in [6, 6.07) is 9.14. The van der Waals surface area contributed by atoms with E-state index in [0.717, 1.165) is 31.1 Å². The van der Waals surface area contributed by atoms with Gasteiger partial charge in [-0.3, -0.25) is 0 Å². The van der Waals surface area contributed by atoms with E-state index in [0.29, 0.717) is 21.5 Å². The zero-order chi connectivity index (χ0) is 19.0. The summed E-state index contributed by atoms with van der Waals surface area (Å²) in [6.07, 6.45) is 0.105. The first-order valence-corrected chi connectivity index (χ1v) is 9.51. The molecule has 0 spiro atoms. The van der Waals surface area contributed by atoms with E-state index >= 15 is 0 Å². The highest BCUT2D eigenvalue weighted by Gasteiger charge is 2.24. The van der Waals surface area contributed by atoms with E-state index in [1.165, 1.54) is 0 Å². The van der Waals surface area contributed by atoms with Crippen molar-refractivity contribution in [3.63, 3.8) is 0 Å². The lowest BCUT2D eigenvalue weighted by molar-refractivity contribution is -0.0260. The summed E-state index contributed by atoms with van der Waals surface area (Å²) in [7, 11) is 2.10. The zero-order valence-electron chi connectivity index (χ0n) is 15.1. The minimum Gasteiger partial charge on any atom is -0.373 e. The molecule has 4 rings (SSSR count). The Morgan fingerprint density at radius 1 is 1.19 bits per heavy atom. The van der Waals surface area contributed by atoms with E-state index in [2.05, 4.69) is 39.5 Å². The van der Waals surface area contributed by atoms with Crippen LogP contribution in [0.15, 0.2) is 30.3 Å². The number of nitrogens with zero attached hydrogens (tertiary/aromatic N) is 5. The van der Waals surface area contributed by atoms with Gasteiger partial charge in [-0.1, -0.05) is 23.2 Å². The van der Waals surface area contributed by atoms with Gasteiger partial charge in [0, 0.05) is 28.7 Å². The monoisotopic (exact) mass is 406 g/mol. The third-order valence-corrected chi connectivity index (χ3v) is 5.05. The minimum absolute atomic E-state index is 0.105. The molecule has 9 heteroatoms. The lowest BCUT2D eigenvalue weighted by atomic mass is 10.1. The number of fused-ring (bicyclic) bond motifs is 1. The Kier molecular flexibility index (Phi) is 5.19. The summed E-state index contributed by atoms with van der Waals surface area (Å²) in [5, 5.41) is 17.6. The van der Waals surface area contributed by atoms with Gasteiger partial charge >= 0.3 is 0 Å². The molecule has 1 aliphatic rings. The molecule has 142 valence electrons. The van der Waals surface area contributed by atoms with Gasteiger partial charge < -0.3 is 15.0 Å². The predicted octanol–water partition coefficient (Wildman–Crippen LogP) is 3.23. The highest BCUT2D eigenvalue weighted by molar-refractivity contribution is 6.35. The second kappa shape index (κ2) is 7.59. The Hall–Kier alpha value is -1.93. The van der Waals surface area contributed by atoms with Crippen LogP contribution in [0.5, 0.6) is 0 Å². The maximum Gasteiger partial charge on any atom is 0.185 e. The SMILES string of the molecule is CC(Nc1ccc2nnc(-c3cc(Cl)cc(Cl)c3)n2n1)C1CN(C)CCO1. The molecule has 1 aliphatic heterocycles. The normalized spacial score (nSPS) is 19.3. The van der Waals surface area contributed by atoms with Crippen LogP contribution in [0, 0.1) is 0 Å². The van der Waals surface area contributed by atoms with Crippen LogP contribution in [0.2, 0.25) is 10.0 Å². The number of halogens is 2. The molecule has 2 unspecified atom stereocenters. The molecule has 1 N–H and O–H groups in total. The molecule has 0 amide bonds. The number of aromatic nitrogens is 4. The van der Waals surface area contributed by atoms with Gasteiger partial charge in [0.2, 0.25) is 0 Å². The molecule has 0 saturated carbocycles. The molecule has 3 aromatic rings. The molecule has 2 atom stereocenters. The molecular formula is C18H20Cl2N6O. The van der Waals surface area contributed by atoms with Gasteiger partial charge in [0.1, 0.15) is 5.82 Å². The second-order valence-corrected chi connectivity index (χ2v) is 7.65. The van der Waals surface area contributed by atoms with Crippen molar-refractivity contribution in [3.05, 3.63) is 40.4 Å². The van der Waals surface area contributed by atoms with Gasteiger partial charge in [-0.15, -0.1) is 15.3 Å². The summed E-state index contributed by atoms with van der Waals surface area (Å²) < 4.78 is 7.57. The first-order chi connectivity index (χ1) is 13.0. The van der Waals surface area contributed by atoms with E-state index in [4.69, 9.17) is 27.9 Å². The quantitative estimate of drug-likeness (QED) is 0.717. The largest absolute Gasteiger partial charge is 0.373 e. The van der Waals surface area contributed by atoms with E-state index in [1.807, 2.05) is 12.1 Å². The molecule has 0 radical (unpaired) electrons. The molecule has 0 bridgehead atoms.